The minimum atomic E-state index is -0.140. The van der Waals surface area contributed by atoms with Crippen LogP contribution in [0.2, 0.25) is 0 Å². The Morgan fingerprint density at radius 2 is 2.00 bits per heavy atom. The number of aromatic nitrogens is 2. The van der Waals surface area contributed by atoms with E-state index >= 15 is 0 Å². The fraction of sp³-hybridized carbons (Fsp3) is 0.467. The van der Waals surface area contributed by atoms with Crippen molar-refractivity contribution in [3.63, 3.8) is 0 Å². The molecule has 0 fully saturated rings. The normalized spacial score (nSPS) is 12.6. The number of nitrogens with two attached hydrogens (primary N) is 1. The Bertz CT molecular complexity index is 504. The van der Waals surface area contributed by atoms with E-state index in [0.29, 0.717) is 18.1 Å². The molecule has 0 amide bonds. The van der Waals surface area contributed by atoms with Crippen molar-refractivity contribution in [2.75, 3.05) is 0 Å². The van der Waals surface area contributed by atoms with E-state index in [9.17, 15) is 0 Å². The maximum atomic E-state index is 6.01. The van der Waals surface area contributed by atoms with Crippen molar-refractivity contribution in [2.45, 2.75) is 45.6 Å². The maximum absolute atomic E-state index is 6.01. The molecule has 1 aromatic carbocycles. The number of unbranched alkanes of at least 4 members (excludes halogenated alkanes) is 1. The fourth-order valence-electron chi connectivity index (χ4n) is 1.93. The summed E-state index contributed by atoms with van der Waals surface area (Å²) in [5.74, 6) is 1.25. The highest BCUT2D eigenvalue weighted by molar-refractivity contribution is 5.23. The molecule has 0 bridgehead atoms. The van der Waals surface area contributed by atoms with Crippen LogP contribution in [0.15, 0.2) is 28.8 Å². The number of aryl methyl sites for hydroxylation is 1. The Hall–Kier alpha value is -1.68. The number of rotatable bonds is 6. The minimum absolute atomic E-state index is 0.140. The van der Waals surface area contributed by atoms with Crippen molar-refractivity contribution in [2.24, 2.45) is 5.73 Å². The van der Waals surface area contributed by atoms with Gasteiger partial charge in [0.15, 0.2) is 5.82 Å². The van der Waals surface area contributed by atoms with Gasteiger partial charge in [0.1, 0.15) is 0 Å². The highest BCUT2D eigenvalue weighted by atomic mass is 16.5. The number of hydrogen-bond donors (Lipinski definition) is 1. The first-order valence-corrected chi connectivity index (χ1v) is 6.82. The standard InChI is InChI=1S/C15H21N3O/c1-3-4-5-13(16)15-17-14(18-19-15)10-12-8-6-11(2)7-9-12/h6-9,13H,3-5,10,16H2,1-2H3/t13-/m0/s1. The van der Waals surface area contributed by atoms with E-state index in [1.807, 2.05) is 0 Å². The molecule has 2 rings (SSSR count). The summed E-state index contributed by atoms with van der Waals surface area (Å²) in [6, 6.07) is 8.21. The first-order chi connectivity index (χ1) is 9.19. The lowest BCUT2D eigenvalue weighted by Crippen LogP contribution is -2.10. The van der Waals surface area contributed by atoms with E-state index in [2.05, 4.69) is 48.3 Å². The van der Waals surface area contributed by atoms with Gasteiger partial charge < -0.3 is 10.3 Å². The lowest BCUT2D eigenvalue weighted by Gasteiger charge is -2.03. The molecular weight excluding hydrogens is 238 g/mol. The van der Waals surface area contributed by atoms with Crippen LogP contribution in [0.1, 0.15) is 55.1 Å². The van der Waals surface area contributed by atoms with Crippen LogP contribution in [-0.4, -0.2) is 10.1 Å². The smallest absolute Gasteiger partial charge is 0.243 e. The van der Waals surface area contributed by atoms with E-state index in [1.165, 1.54) is 11.1 Å². The first kappa shape index (κ1) is 13.7. The van der Waals surface area contributed by atoms with Crippen LogP contribution in [0.5, 0.6) is 0 Å². The number of nitrogens with zero attached hydrogens (tertiary/aromatic N) is 2. The van der Waals surface area contributed by atoms with Crippen molar-refractivity contribution >= 4 is 0 Å². The van der Waals surface area contributed by atoms with Crippen LogP contribution in [-0.2, 0) is 6.42 Å². The van der Waals surface area contributed by atoms with Gasteiger partial charge in [0.2, 0.25) is 5.89 Å². The lowest BCUT2D eigenvalue weighted by atomic mass is 10.1. The van der Waals surface area contributed by atoms with Crippen LogP contribution in [0.25, 0.3) is 0 Å². The predicted molar refractivity (Wildman–Crippen MR) is 74.7 cm³/mol. The Morgan fingerprint density at radius 3 is 2.68 bits per heavy atom. The van der Waals surface area contributed by atoms with E-state index in [-0.39, 0.29) is 6.04 Å². The zero-order valence-electron chi connectivity index (χ0n) is 11.6. The summed E-state index contributed by atoms with van der Waals surface area (Å²) in [5, 5.41) is 4.00. The average molecular weight is 259 g/mol. The second kappa shape index (κ2) is 6.48. The van der Waals surface area contributed by atoms with Gasteiger partial charge >= 0.3 is 0 Å². The predicted octanol–water partition coefficient (Wildman–Crippen LogP) is 3.16. The largest absolute Gasteiger partial charge is 0.338 e. The van der Waals surface area contributed by atoms with E-state index < -0.39 is 0 Å². The van der Waals surface area contributed by atoms with Crippen molar-refractivity contribution in [1.82, 2.24) is 10.1 Å². The molecule has 19 heavy (non-hydrogen) atoms. The van der Waals surface area contributed by atoms with Crippen molar-refractivity contribution in [1.29, 1.82) is 0 Å². The van der Waals surface area contributed by atoms with Gasteiger partial charge in [-0.2, -0.15) is 4.98 Å². The molecule has 0 radical (unpaired) electrons. The number of hydrogen-bond acceptors (Lipinski definition) is 4. The van der Waals surface area contributed by atoms with Crippen molar-refractivity contribution in [3.05, 3.63) is 47.1 Å². The van der Waals surface area contributed by atoms with Gasteiger partial charge in [0.05, 0.1) is 6.04 Å². The first-order valence-electron chi connectivity index (χ1n) is 6.82. The minimum Gasteiger partial charge on any atom is -0.338 e. The molecule has 1 aromatic heterocycles. The van der Waals surface area contributed by atoms with Crippen LogP contribution in [0, 0.1) is 6.92 Å². The fourth-order valence-corrected chi connectivity index (χ4v) is 1.93. The summed E-state index contributed by atoms with van der Waals surface area (Å²) in [7, 11) is 0. The molecule has 0 spiro atoms. The SMILES string of the molecule is CCCC[C@H](N)c1nc(Cc2ccc(C)cc2)no1. The van der Waals surface area contributed by atoms with Crippen LogP contribution < -0.4 is 5.73 Å². The van der Waals surface area contributed by atoms with Gasteiger partial charge in [0, 0.05) is 6.42 Å². The molecule has 0 saturated heterocycles. The maximum Gasteiger partial charge on any atom is 0.243 e. The van der Waals surface area contributed by atoms with Gasteiger partial charge in [-0.05, 0) is 18.9 Å². The monoisotopic (exact) mass is 259 g/mol. The highest BCUT2D eigenvalue weighted by Crippen LogP contribution is 2.16. The molecule has 102 valence electrons. The van der Waals surface area contributed by atoms with Gasteiger partial charge in [-0.1, -0.05) is 54.8 Å². The van der Waals surface area contributed by atoms with Gasteiger partial charge in [-0.15, -0.1) is 0 Å². The Balaban J connectivity index is 1.98. The molecule has 0 unspecified atom stereocenters. The summed E-state index contributed by atoms with van der Waals surface area (Å²) in [6.45, 7) is 4.21. The summed E-state index contributed by atoms with van der Waals surface area (Å²) in [4.78, 5) is 4.38. The lowest BCUT2D eigenvalue weighted by molar-refractivity contribution is 0.343. The average Bonchev–Trinajstić information content (AvgIpc) is 2.87. The molecule has 1 heterocycles. The highest BCUT2D eigenvalue weighted by Gasteiger charge is 2.14. The van der Waals surface area contributed by atoms with Crippen LogP contribution in [0.3, 0.4) is 0 Å². The quantitative estimate of drug-likeness (QED) is 0.865. The molecule has 2 N–H and O–H groups in total. The topological polar surface area (TPSA) is 64.9 Å². The summed E-state index contributed by atoms with van der Waals surface area (Å²) in [5.41, 5.74) is 8.44. The van der Waals surface area contributed by atoms with Crippen LogP contribution in [0.4, 0.5) is 0 Å². The molecule has 4 heteroatoms. The summed E-state index contributed by atoms with van der Waals surface area (Å²) >= 11 is 0. The zero-order valence-corrected chi connectivity index (χ0v) is 11.6. The number of benzene rings is 1. The summed E-state index contributed by atoms with van der Waals surface area (Å²) < 4.78 is 5.23. The Labute approximate surface area is 114 Å². The molecule has 2 aromatic rings. The van der Waals surface area contributed by atoms with Crippen molar-refractivity contribution in [3.8, 4) is 0 Å². The molecule has 0 saturated carbocycles. The second-order valence-corrected chi connectivity index (χ2v) is 4.96. The van der Waals surface area contributed by atoms with E-state index in [4.69, 9.17) is 10.3 Å². The van der Waals surface area contributed by atoms with Crippen molar-refractivity contribution < 1.29 is 4.52 Å². The molecule has 1 atom stereocenters. The van der Waals surface area contributed by atoms with Gasteiger partial charge in [-0.3, -0.25) is 0 Å². The van der Waals surface area contributed by atoms with E-state index in [1.54, 1.807) is 0 Å². The summed E-state index contributed by atoms with van der Waals surface area (Å²) in [6.07, 6.45) is 3.78. The molecule has 4 nitrogen and oxygen atoms in total. The third-order valence-corrected chi connectivity index (χ3v) is 3.15. The second-order valence-electron chi connectivity index (χ2n) is 4.96. The van der Waals surface area contributed by atoms with E-state index in [0.717, 1.165) is 19.3 Å². The zero-order chi connectivity index (χ0) is 13.7. The van der Waals surface area contributed by atoms with Crippen LogP contribution >= 0.6 is 0 Å². The van der Waals surface area contributed by atoms with Gasteiger partial charge in [-0.25, -0.2) is 0 Å². The Morgan fingerprint density at radius 1 is 1.26 bits per heavy atom. The molecule has 0 aliphatic rings. The third kappa shape index (κ3) is 3.89. The third-order valence-electron chi connectivity index (χ3n) is 3.15. The van der Waals surface area contributed by atoms with Gasteiger partial charge in [0.25, 0.3) is 0 Å². The molecule has 0 aliphatic heterocycles. The molecule has 0 aliphatic carbocycles. The molecular formula is C15H21N3O. The Kier molecular flexibility index (Phi) is 4.68.